The minimum Gasteiger partial charge on any atom is -0.474 e. The number of hydrogen-bond acceptors (Lipinski definition) is 17. The minimum absolute atomic E-state index is 0.0178. The van der Waals surface area contributed by atoms with Gasteiger partial charge in [-0.2, -0.15) is 0 Å². The van der Waals surface area contributed by atoms with E-state index in [2.05, 4.69) is 87.6 Å². The zero-order valence-corrected chi connectivity index (χ0v) is 74.6. The summed E-state index contributed by atoms with van der Waals surface area (Å²) in [6.07, 6.45) is 5.92. The number of aliphatic carboxylic acids is 1. The number of hydrogen-bond donors (Lipinski definition) is 10. The van der Waals surface area contributed by atoms with Gasteiger partial charge in [0.1, 0.15) is 0 Å². The number of rotatable bonds is 12. The molecule has 29 nitrogen and oxygen atoms in total. The Labute approximate surface area is 762 Å². The minimum atomic E-state index is -2.73. The number of carbonyl (C=O) groups is 12. The standard InChI is InChI=1S/3C24H26F2N4O3.C15H20N2O.C9H8F2N2O3/c3*1-13-3-7-20(16-4-6-19-15(9-16)5-8-21(31)29-19)30(12-13)24(33)23(32)28-17-10-18(22(25)26)14(2)27-11-17;1-10-2-5-13(16-9-10)11-3-6-14-12(8-11)4-7-15(18)17-14;1-4-6(7(10)11)2-5(3-12-4)13-8(14)9(15)16/h3*4,6,9-11,13,20,22H,3,5,7-8,12H2,1-2H3,(H,28,32)(H,29,31);3,6,8,10,13,16H,2,4-5,7,9H2,1H3,(H,17,18);2-3,7H,1H3,(H,13,14)(H,15,16)/t3*13-,20+;10-,13+;/m1101./s1. The van der Waals surface area contributed by atoms with Gasteiger partial charge in [-0.3, -0.25) is 72.7 Å². The van der Waals surface area contributed by atoms with Crippen LogP contribution in [0.2, 0.25) is 0 Å². The monoisotopic (exact) mass is 1840 g/mol. The molecule has 12 heterocycles. The number of anilines is 8. The van der Waals surface area contributed by atoms with Gasteiger partial charge in [0.15, 0.2) is 0 Å². The maximum Gasteiger partial charge on any atom is 0.394 e. The van der Waals surface area contributed by atoms with Crippen LogP contribution in [0.4, 0.5) is 80.6 Å². The van der Waals surface area contributed by atoms with Crippen LogP contribution in [0.1, 0.15) is 244 Å². The molecule has 0 aliphatic carbocycles. The second-order valence-electron chi connectivity index (χ2n) is 34.9. The molecule has 11 amide bonds. The van der Waals surface area contributed by atoms with Crippen LogP contribution in [0, 0.1) is 51.4 Å². The molecule has 8 aliphatic rings. The topological polar surface area (TPSA) is 395 Å². The fourth-order valence-electron chi connectivity index (χ4n) is 17.4. The van der Waals surface area contributed by atoms with Crippen LogP contribution in [-0.2, 0) is 83.2 Å². The third kappa shape index (κ3) is 25.4. The van der Waals surface area contributed by atoms with Crippen molar-refractivity contribution in [2.75, 3.05) is 68.7 Å². The number of piperidine rings is 4. The Hall–Kier alpha value is -13.5. The van der Waals surface area contributed by atoms with Gasteiger partial charge in [0.25, 0.3) is 25.7 Å². The van der Waals surface area contributed by atoms with E-state index in [4.69, 9.17) is 5.11 Å². The zero-order chi connectivity index (χ0) is 95.9. The Kier molecular flexibility index (Phi) is 32.7. The number of pyridine rings is 4. The van der Waals surface area contributed by atoms with Gasteiger partial charge < -0.3 is 67.7 Å². The highest BCUT2D eigenvalue weighted by atomic mass is 19.3. The number of carbonyl (C=O) groups excluding carboxylic acids is 11. The van der Waals surface area contributed by atoms with E-state index in [-0.39, 0.29) is 127 Å². The fourth-order valence-corrected chi connectivity index (χ4v) is 17.4. The maximum atomic E-state index is 13.2. The molecule has 4 saturated heterocycles. The molecule has 8 aromatic rings. The molecular formula is C96H106F8N16O13. The van der Waals surface area contributed by atoms with Crippen molar-refractivity contribution < 1.29 is 97.8 Å². The highest BCUT2D eigenvalue weighted by Crippen LogP contribution is 2.42. The second kappa shape index (κ2) is 44.2. The molecule has 4 aromatic heterocycles. The third-order valence-corrected chi connectivity index (χ3v) is 24.8. The van der Waals surface area contributed by atoms with Crippen LogP contribution in [0.5, 0.6) is 0 Å². The number of nitrogens with zero attached hydrogens (tertiary/aromatic N) is 7. The molecule has 0 unspecified atom stereocenters. The van der Waals surface area contributed by atoms with Crippen molar-refractivity contribution in [3.05, 3.63) is 211 Å². The lowest BCUT2D eigenvalue weighted by atomic mass is 9.88. The largest absolute Gasteiger partial charge is 0.474 e. The Balaban J connectivity index is 0.000000154. The second-order valence-corrected chi connectivity index (χ2v) is 34.9. The number of aromatic nitrogens is 4. The predicted molar refractivity (Wildman–Crippen MR) is 479 cm³/mol. The van der Waals surface area contributed by atoms with Gasteiger partial charge in [-0.15, -0.1) is 0 Å². The number of alkyl halides is 8. The molecule has 0 radical (unpaired) electrons. The fraction of sp³-hybridized carbons (Fsp3) is 0.417. The Morgan fingerprint density at radius 3 is 0.857 bits per heavy atom. The molecule has 133 heavy (non-hydrogen) atoms. The number of halogens is 8. The summed E-state index contributed by atoms with van der Waals surface area (Å²) in [6.45, 7) is 16.5. The molecule has 0 saturated carbocycles. The van der Waals surface area contributed by atoms with E-state index in [9.17, 15) is 92.7 Å². The van der Waals surface area contributed by atoms with Gasteiger partial charge in [-0.05, 0) is 228 Å². The van der Waals surface area contributed by atoms with Gasteiger partial charge in [0.2, 0.25) is 23.6 Å². The summed E-state index contributed by atoms with van der Waals surface area (Å²) >= 11 is 0. The summed E-state index contributed by atoms with van der Waals surface area (Å²) in [6, 6.07) is 27.7. The molecule has 0 bridgehead atoms. The van der Waals surface area contributed by atoms with E-state index >= 15 is 0 Å². The average Bonchev–Trinajstić information content (AvgIpc) is 0.799. The summed E-state index contributed by atoms with van der Waals surface area (Å²) < 4.78 is 104. The smallest absolute Gasteiger partial charge is 0.394 e. The van der Waals surface area contributed by atoms with Crippen molar-refractivity contribution in [3.8, 4) is 0 Å². The van der Waals surface area contributed by atoms with Crippen molar-refractivity contribution >= 4 is 116 Å². The Morgan fingerprint density at radius 1 is 0.346 bits per heavy atom. The molecule has 10 N–H and O–H groups in total. The highest BCUT2D eigenvalue weighted by molar-refractivity contribution is 6.41. The number of fused-ring (bicyclic) bond motifs is 4. The van der Waals surface area contributed by atoms with Gasteiger partial charge in [-0.1, -0.05) is 76.2 Å². The van der Waals surface area contributed by atoms with Crippen molar-refractivity contribution in [1.82, 2.24) is 40.0 Å². The van der Waals surface area contributed by atoms with Crippen LogP contribution >= 0.6 is 0 Å². The number of nitrogens with one attached hydrogen (secondary N) is 9. The van der Waals surface area contributed by atoms with E-state index in [1.54, 1.807) is 14.7 Å². The molecule has 8 aliphatic heterocycles. The maximum absolute atomic E-state index is 13.2. The lowest BCUT2D eigenvalue weighted by Gasteiger charge is -2.39. The number of carboxylic acids is 1. The van der Waals surface area contributed by atoms with Crippen LogP contribution < -0.4 is 47.9 Å². The normalized spacial score (nSPS) is 20.0. The first-order chi connectivity index (χ1) is 63.3. The summed E-state index contributed by atoms with van der Waals surface area (Å²) in [7, 11) is 0. The lowest BCUT2D eigenvalue weighted by molar-refractivity contribution is -0.147. The molecule has 16 rings (SSSR count). The van der Waals surface area contributed by atoms with Gasteiger partial charge >= 0.3 is 47.3 Å². The van der Waals surface area contributed by atoms with Crippen LogP contribution in [-0.4, -0.2) is 137 Å². The van der Waals surface area contributed by atoms with Gasteiger partial charge in [0, 0.05) is 119 Å². The number of aryl methyl sites for hydroxylation is 8. The van der Waals surface area contributed by atoms with Crippen molar-refractivity contribution in [1.29, 1.82) is 0 Å². The summed E-state index contributed by atoms with van der Waals surface area (Å²) in [5.74, 6) is -6.24. The molecule has 37 heteroatoms. The molecule has 0 spiro atoms. The Morgan fingerprint density at radius 2 is 0.602 bits per heavy atom. The van der Waals surface area contributed by atoms with E-state index in [0.29, 0.717) is 89.9 Å². The van der Waals surface area contributed by atoms with E-state index in [1.165, 1.54) is 70.3 Å². The predicted octanol–water partition coefficient (Wildman–Crippen LogP) is 16.4. The van der Waals surface area contributed by atoms with E-state index in [1.807, 2.05) is 80.7 Å². The zero-order valence-electron chi connectivity index (χ0n) is 74.6. The molecule has 704 valence electrons. The van der Waals surface area contributed by atoms with Crippen LogP contribution in [0.25, 0.3) is 0 Å². The first-order valence-corrected chi connectivity index (χ1v) is 44.1. The van der Waals surface area contributed by atoms with Crippen molar-refractivity contribution in [3.63, 3.8) is 0 Å². The summed E-state index contributed by atoms with van der Waals surface area (Å²) in [4.78, 5) is 165. The van der Waals surface area contributed by atoms with Gasteiger partial charge in [-0.25, -0.2) is 39.9 Å². The lowest BCUT2D eigenvalue weighted by Crippen LogP contribution is -2.46. The van der Waals surface area contributed by atoms with Gasteiger partial charge in [0.05, 0.1) is 65.7 Å². The number of carboxylic acid groups (broad SMARTS) is 1. The summed E-state index contributed by atoms with van der Waals surface area (Å²) in [5.41, 5.74) is 11.3. The SMILES string of the molecule is C[C@@H]1CC[C@@H](c2ccc3c(c2)CCC(=O)N3)NC1.Cc1ncc(NC(=O)C(=O)N2C[C@@H](C)CC[C@@H]2c2ccc3c(c2)CCC(=O)N3)cc1C(F)F.Cc1ncc(NC(=O)C(=O)N2C[C@H](C)CC[C@H]2c2ccc3c(c2)CCC(=O)N3)cc1C(F)F.Cc1ncc(NC(=O)C(=O)N2C[C@H](C)CC[C@H]2c2ccc3c(c2)CCC(=O)N3)cc1C(F)F.Cc1ncc(NC(=O)C(=O)O)cc1C(F)F. The molecule has 4 aromatic carbocycles. The van der Waals surface area contributed by atoms with Crippen molar-refractivity contribution in [2.24, 2.45) is 23.7 Å². The average molecular weight is 1840 g/mol. The first-order valence-electron chi connectivity index (χ1n) is 44.1. The van der Waals surface area contributed by atoms with E-state index in [0.717, 1.165) is 125 Å². The van der Waals surface area contributed by atoms with Crippen LogP contribution in [0.15, 0.2) is 122 Å². The highest BCUT2D eigenvalue weighted by Gasteiger charge is 2.40. The number of benzene rings is 4. The summed E-state index contributed by atoms with van der Waals surface area (Å²) in [5, 5.41) is 32.6. The third-order valence-electron chi connectivity index (χ3n) is 24.8. The Bertz CT molecular complexity index is 5350. The number of likely N-dealkylation sites (tertiary alicyclic amines) is 3. The molecular weight excluding hydrogens is 1740 g/mol. The van der Waals surface area contributed by atoms with Crippen LogP contribution in [0.3, 0.4) is 0 Å². The van der Waals surface area contributed by atoms with E-state index < -0.39 is 73.0 Å². The molecule has 8 atom stereocenters. The molecule has 4 fully saturated rings. The van der Waals surface area contributed by atoms with Crippen molar-refractivity contribution in [2.45, 2.75) is 208 Å². The quantitative estimate of drug-likeness (QED) is 0.0401. The number of amides is 11. The first kappa shape index (κ1) is 98.6.